The van der Waals surface area contributed by atoms with Crippen molar-refractivity contribution >= 4 is 6.29 Å². The number of rotatable bonds is 4. The van der Waals surface area contributed by atoms with Crippen molar-refractivity contribution in [2.75, 3.05) is 0 Å². The Labute approximate surface area is 93.8 Å². The first kappa shape index (κ1) is 12.4. The van der Waals surface area contributed by atoms with E-state index < -0.39 is 12.2 Å². The smallest absolute Gasteiger partial charge is 0.150 e. The summed E-state index contributed by atoms with van der Waals surface area (Å²) in [7, 11) is 0. The molecule has 0 aromatic heterocycles. The zero-order chi connectivity index (χ0) is 12.1. The number of aryl methyl sites for hydroxylation is 1. The zero-order valence-electron chi connectivity index (χ0n) is 8.92. The minimum Gasteiger partial charge on any atom is -0.389 e. The number of aldehydes is 1. The summed E-state index contributed by atoms with van der Waals surface area (Å²) in [6.45, 7) is 1.75. The third-order valence-corrected chi connectivity index (χ3v) is 2.43. The van der Waals surface area contributed by atoms with Crippen LogP contribution in [-0.2, 0) is 0 Å². The molecule has 0 saturated carbocycles. The molecule has 1 aromatic rings. The standard InChI is InChI=1S/C12H13NO3/c1-8-6-9(2-3-10(8)7-14)12(16)11(15)4-5-13/h2-3,6-7,11-12,15-16H,4H2,1H3. The number of nitriles is 1. The highest BCUT2D eigenvalue weighted by atomic mass is 16.3. The number of aliphatic hydroxyl groups is 2. The molecule has 2 N–H and O–H groups in total. The fraction of sp³-hybridized carbons (Fsp3) is 0.333. The van der Waals surface area contributed by atoms with Crippen molar-refractivity contribution in [3.63, 3.8) is 0 Å². The molecule has 0 amide bonds. The Morgan fingerprint density at radius 3 is 2.69 bits per heavy atom. The normalized spacial score (nSPS) is 13.9. The first-order chi connectivity index (χ1) is 7.60. The summed E-state index contributed by atoms with van der Waals surface area (Å²) in [5, 5.41) is 27.6. The molecule has 0 aliphatic rings. The Hall–Kier alpha value is -1.70. The number of nitrogens with zero attached hydrogens (tertiary/aromatic N) is 1. The number of benzene rings is 1. The van der Waals surface area contributed by atoms with Gasteiger partial charge in [-0.25, -0.2) is 0 Å². The van der Waals surface area contributed by atoms with Gasteiger partial charge < -0.3 is 10.2 Å². The van der Waals surface area contributed by atoms with Gasteiger partial charge in [-0.3, -0.25) is 4.79 Å². The Kier molecular flexibility index (Phi) is 4.18. The van der Waals surface area contributed by atoms with Crippen LogP contribution >= 0.6 is 0 Å². The maximum Gasteiger partial charge on any atom is 0.150 e. The van der Waals surface area contributed by atoms with Crippen LogP contribution in [0.1, 0.15) is 34.0 Å². The van der Waals surface area contributed by atoms with E-state index in [1.807, 2.05) is 0 Å². The number of hydrogen-bond donors (Lipinski definition) is 2. The van der Waals surface area contributed by atoms with E-state index in [0.717, 1.165) is 11.8 Å². The summed E-state index contributed by atoms with van der Waals surface area (Å²) in [6.07, 6.45) is -1.60. The zero-order valence-corrected chi connectivity index (χ0v) is 8.92. The van der Waals surface area contributed by atoms with Gasteiger partial charge >= 0.3 is 0 Å². The van der Waals surface area contributed by atoms with Gasteiger partial charge in [0.15, 0.2) is 0 Å². The second-order valence-corrected chi connectivity index (χ2v) is 3.61. The highest BCUT2D eigenvalue weighted by Gasteiger charge is 2.18. The van der Waals surface area contributed by atoms with E-state index in [-0.39, 0.29) is 6.42 Å². The van der Waals surface area contributed by atoms with Crippen LogP contribution in [0, 0.1) is 18.3 Å². The van der Waals surface area contributed by atoms with Gasteiger partial charge in [0.2, 0.25) is 0 Å². The van der Waals surface area contributed by atoms with Crippen LogP contribution in [-0.4, -0.2) is 22.6 Å². The maximum absolute atomic E-state index is 10.6. The molecule has 0 bridgehead atoms. The molecule has 4 heteroatoms. The van der Waals surface area contributed by atoms with Gasteiger partial charge in [-0.15, -0.1) is 0 Å². The lowest BCUT2D eigenvalue weighted by Gasteiger charge is -2.16. The molecule has 0 aliphatic carbocycles. The van der Waals surface area contributed by atoms with Gasteiger partial charge in [-0.2, -0.15) is 5.26 Å². The molecule has 0 aliphatic heterocycles. The summed E-state index contributed by atoms with van der Waals surface area (Å²) >= 11 is 0. The fourth-order valence-electron chi connectivity index (χ4n) is 1.44. The van der Waals surface area contributed by atoms with Crippen LogP contribution in [0.3, 0.4) is 0 Å². The predicted octanol–water partition coefficient (Wildman–Crippen LogP) is 1.12. The summed E-state index contributed by atoms with van der Waals surface area (Å²) in [4.78, 5) is 10.6. The van der Waals surface area contributed by atoms with Crippen LogP contribution < -0.4 is 0 Å². The molecule has 1 aromatic carbocycles. The lowest BCUT2D eigenvalue weighted by molar-refractivity contribution is 0.0216. The van der Waals surface area contributed by atoms with Gasteiger partial charge in [-0.05, 0) is 18.1 Å². The van der Waals surface area contributed by atoms with Crippen LogP contribution in [0.4, 0.5) is 0 Å². The molecule has 0 fully saturated rings. The average molecular weight is 219 g/mol. The van der Waals surface area contributed by atoms with E-state index in [1.54, 1.807) is 31.2 Å². The maximum atomic E-state index is 10.6. The van der Waals surface area contributed by atoms with E-state index in [4.69, 9.17) is 5.26 Å². The second-order valence-electron chi connectivity index (χ2n) is 3.61. The molecule has 4 nitrogen and oxygen atoms in total. The highest BCUT2D eigenvalue weighted by Crippen LogP contribution is 2.21. The van der Waals surface area contributed by atoms with Crippen molar-refractivity contribution in [2.45, 2.75) is 25.6 Å². The van der Waals surface area contributed by atoms with Gasteiger partial charge in [0.1, 0.15) is 12.4 Å². The number of carbonyl (C=O) groups excluding carboxylic acids is 1. The molecular weight excluding hydrogens is 206 g/mol. The minimum absolute atomic E-state index is 0.129. The van der Waals surface area contributed by atoms with Crippen LogP contribution in [0.15, 0.2) is 18.2 Å². The largest absolute Gasteiger partial charge is 0.389 e. The van der Waals surface area contributed by atoms with Crippen molar-refractivity contribution in [1.82, 2.24) is 0 Å². The summed E-state index contributed by atoms with van der Waals surface area (Å²) in [5.41, 5.74) is 1.78. The van der Waals surface area contributed by atoms with Gasteiger partial charge in [0.05, 0.1) is 18.6 Å². The molecule has 1 rings (SSSR count). The Morgan fingerprint density at radius 1 is 1.50 bits per heavy atom. The Bertz CT molecular complexity index is 423. The second kappa shape index (κ2) is 5.40. The monoisotopic (exact) mass is 219 g/mol. The molecule has 0 saturated heterocycles. The van der Waals surface area contributed by atoms with Crippen LogP contribution in [0.25, 0.3) is 0 Å². The summed E-state index contributed by atoms with van der Waals surface area (Å²) in [6, 6.07) is 6.58. The van der Waals surface area contributed by atoms with Crippen molar-refractivity contribution in [1.29, 1.82) is 5.26 Å². The van der Waals surface area contributed by atoms with Crippen molar-refractivity contribution in [2.24, 2.45) is 0 Å². The number of carbonyl (C=O) groups is 1. The van der Waals surface area contributed by atoms with Crippen molar-refractivity contribution in [3.8, 4) is 6.07 Å². The Balaban J connectivity index is 2.93. The van der Waals surface area contributed by atoms with Gasteiger partial charge in [0.25, 0.3) is 0 Å². The number of hydrogen-bond acceptors (Lipinski definition) is 4. The molecule has 2 atom stereocenters. The lowest BCUT2D eigenvalue weighted by atomic mass is 9.98. The first-order valence-electron chi connectivity index (χ1n) is 4.89. The van der Waals surface area contributed by atoms with Crippen molar-refractivity contribution in [3.05, 3.63) is 34.9 Å². The van der Waals surface area contributed by atoms with Gasteiger partial charge in [-0.1, -0.05) is 18.2 Å². The van der Waals surface area contributed by atoms with E-state index in [2.05, 4.69) is 0 Å². The minimum atomic E-state index is -1.11. The first-order valence-corrected chi connectivity index (χ1v) is 4.89. The topological polar surface area (TPSA) is 81.3 Å². The SMILES string of the molecule is Cc1cc(C(O)C(O)CC#N)ccc1C=O. The molecular formula is C12H13NO3. The predicted molar refractivity (Wildman–Crippen MR) is 57.8 cm³/mol. The van der Waals surface area contributed by atoms with Crippen molar-refractivity contribution < 1.29 is 15.0 Å². The fourth-order valence-corrected chi connectivity index (χ4v) is 1.44. The molecule has 0 radical (unpaired) electrons. The van der Waals surface area contributed by atoms with E-state index in [1.165, 1.54) is 0 Å². The molecule has 84 valence electrons. The Morgan fingerprint density at radius 2 is 2.19 bits per heavy atom. The number of aliphatic hydroxyl groups excluding tert-OH is 2. The lowest BCUT2D eigenvalue weighted by Crippen LogP contribution is -2.17. The van der Waals surface area contributed by atoms with Gasteiger partial charge in [0, 0.05) is 5.56 Å². The quantitative estimate of drug-likeness (QED) is 0.743. The molecule has 16 heavy (non-hydrogen) atoms. The molecule has 0 spiro atoms. The molecule has 0 heterocycles. The highest BCUT2D eigenvalue weighted by molar-refractivity contribution is 5.77. The molecule has 2 unspecified atom stereocenters. The summed E-state index contributed by atoms with van der Waals surface area (Å²) < 4.78 is 0. The van der Waals surface area contributed by atoms with Crippen LogP contribution in [0.5, 0.6) is 0 Å². The third kappa shape index (κ3) is 2.66. The third-order valence-electron chi connectivity index (χ3n) is 2.43. The van der Waals surface area contributed by atoms with E-state index >= 15 is 0 Å². The van der Waals surface area contributed by atoms with E-state index in [0.29, 0.717) is 11.1 Å². The van der Waals surface area contributed by atoms with E-state index in [9.17, 15) is 15.0 Å². The average Bonchev–Trinajstić information content (AvgIpc) is 2.28. The van der Waals surface area contributed by atoms with Crippen LogP contribution in [0.2, 0.25) is 0 Å². The summed E-state index contributed by atoms with van der Waals surface area (Å²) in [5.74, 6) is 0.